The van der Waals surface area contributed by atoms with E-state index in [-0.39, 0.29) is 6.03 Å². The molecule has 2 amide bonds. The molecule has 0 aliphatic heterocycles. The van der Waals surface area contributed by atoms with Crippen LogP contribution in [0, 0.1) is 0 Å². The molecule has 0 spiro atoms. The highest BCUT2D eigenvalue weighted by molar-refractivity contribution is 7.99. The third-order valence-corrected chi connectivity index (χ3v) is 2.05. The molecule has 0 saturated carbocycles. The molecule has 0 saturated heterocycles. The number of thioether (sulfide) groups is 1. The summed E-state index contributed by atoms with van der Waals surface area (Å²) < 4.78 is 0. The second-order valence-electron chi connectivity index (χ2n) is 1.90. The average Bonchev–Trinajstić information content (AvgIpc) is 1.99. The van der Waals surface area contributed by atoms with Gasteiger partial charge in [-0.05, 0) is 6.26 Å². The number of nitrogens with two attached hydrogens (primary N) is 1. The van der Waals surface area contributed by atoms with Crippen molar-refractivity contribution in [3.05, 3.63) is 0 Å². The van der Waals surface area contributed by atoms with Crippen LogP contribution in [-0.2, 0) is 0 Å². The summed E-state index contributed by atoms with van der Waals surface area (Å²) in [5, 5.41) is 3.02. The lowest BCUT2D eigenvalue weighted by Crippen LogP contribution is -2.41. The third kappa shape index (κ3) is 4.46. The molecule has 1 atom stereocenters. The predicted molar refractivity (Wildman–Crippen MR) is 43.7 cm³/mol. The van der Waals surface area contributed by atoms with E-state index < -0.39 is 0 Å². The first-order chi connectivity index (χ1) is 4.70. The van der Waals surface area contributed by atoms with Crippen molar-refractivity contribution in [3.8, 4) is 0 Å². The second-order valence-corrected chi connectivity index (χ2v) is 3.18. The Bertz CT molecular complexity index is 109. The van der Waals surface area contributed by atoms with Gasteiger partial charge in [0.1, 0.15) is 0 Å². The van der Waals surface area contributed by atoms with Crippen LogP contribution in [0.3, 0.4) is 0 Å². The number of nitrogens with one attached hydrogen (secondary N) is 2. The zero-order chi connectivity index (χ0) is 7.98. The number of amides is 2. The van der Waals surface area contributed by atoms with Crippen molar-refractivity contribution in [2.24, 2.45) is 5.84 Å². The van der Waals surface area contributed by atoms with Gasteiger partial charge in [-0.15, -0.1) is 0 Å². The molecule has 0 bridgehead atoms. The molecule has 0 aromatic carbocycles. The summed E-state index contributed by atoms with van der Waals surface area (Å²) in [5.74, 6) is 4.83. The quantitative estimate of drug-likeness (QED) is 0.309. The summed E-state index contributed by atoms with van der Waals surface area (Å²) in [4.78, 5) is 10.5. The molecule has 0 radical (unpaired) electrons. The molecule has 0 aromatic heterocycles. The Balaban J connectivity index is 3.26. The average molecular weight is 163 g/mol. The highest BCUT2D eigenvalue weighted by atomic mass is 32.2. The van der Waals surface area contributed by atoms with E-state index in [0.29, 0.717) is 11.8 Å². The lowest BCUT2D eigenvalue weighted by atomic mass is 10.5. The summed E-state index contributed by atoms with van der Waals surface area (Å²) in [6, 6.07) is -0.332. The van der Waals surface area contributed by atoms with Gasteiger partial charge in [0.25, 0.3) is 0 Å². The molecule has 60 valence electrons. The summed E-state index contributed by atoms with van der Waals surface area (Å²) in [6.45, 7) is 2.67. The third-order valence-electron chi connectivity index (χ3n) is 1.08. The first kappa shape index (κ1) is 9.58. The van der Waals surface area contributed by atoms with Crippen molar-refractivity contribution < 1.29 is 4.79 Å². The Hall–Kier alpha value is -0.420. The molecule has 0 aliphatic rings. The van der Waals surface area contributed by atoms with Gasteiger partial charge in [-0.25, -0.2) is 10.6 Å². The molecule has 10 heavy (non-hydrogen) atoms. The van der Waals surface area contributed by atoms with Gasteiger partial charge in [0, 0.05) is 11.8 Å². The molecule has 0 rings (SSSR count). The lowest BCUT2D eigenvalue weighted by molar-refractivity contribution is 0.241. The number of hydrogen-bond donors (Lipinski definition) is 3. The Kier molecular flexibility index (Phi) is 5.15. The molecule has 4 nitrogen and oxygen atoms in total. The zero-order valence-electron chi connectivity index (χ0n) is 6.18. The van der Waals surface area contributed by atoms with Crippen molar-refractivity contribution in [3.63, 3.8) is 0 Å². The molecule has 0 fully saturated rings. The van der Waals surface area contributed by atoms with Crippen LogP contribution in [0.1, 0.15) is 6.92 Å². The van der Waals surface area contributed by atoms with Crippen LogP contribution < -0.4 is 16.6 Å². The molecule has 4 N–H and O–H groups in total. The van der Waals surface area contributed by atoms with Crippen molar-refractivity contribution in [1.29, 1.82) is 0 Å². The Morgan fingerprint density at radius 1 is 1.80 bits per heavy atom. The summed E-state index contributed by atoms with van der Waals surface area (Å²) in [5.41, 5.74) is 1.99. The van der Waals surface area contributed by atoms with E-state index in [1.54, 1.807) is 11.8 Å². The molecular weight excluding hydrogens is 150 g/mol. The van der Waals surface area contributed by atoms with Crippen molar-refractivity contribution in [1.82, 2.24) is 10.7 Å². The van der Waals surface area contributed by atoms with Gasteiger partial charge < -0.3 is 5.32 Å². The van der Waals surface area contributed by atoms with Crippen molar-refractivity contribution in [2.45, 2.75) is 12.2 Å². The van der Waals surface area contributed by atoms with Crippen LogP contribution >= 0.6 is 11.8 Å². The summed E-state index contributed by atoms with van der Waals surface area (Å²) in [6.07, 6.45) is 1.99. The maximum Gasteiger partial charge on any atom is 0.328 e. The van der Waals surface area contributed by atoms with Crippen LogP contribution in [-0.4, -0.2) is 24.1 Å². The molecular formula is C5H13N3OS. The Labute approximate surface area is 64.9 Å². The van der Waals surface area contributed by atoms with E-state index >= 15 is 0 Å². The maximum atomic E-state index is 10.5. The Morgan fingerprint density at radius 2 is 2.40 bits per heavy atom. The van der Waals surface area contributed by atoms with Crippen LogP contribution in [0.2, 0.25) is 0 Å². The SMILES string of the molecule is CSC(C)CNC(=O)NN. The highest BCUT2D eigenvalue weighted by Gasteiger charge is 2.00. The minimum Gasteiger partial charge on any atom is -0.336 e. The van der Waals surface area contributed by atoms with Gasteiger partial charge in [0.05, 0.1) is 0 Å². The minimum atomic E-state index is -0.332. The molecule has 0 aromatic rings. The first-order valence-electron chi connectivity index (χ1n) is 2.98. The van der Waals surface area contributed by atoms with Crippen molar-refractivity contribution >= 4 is 17.8 Å². The van der Waals surface area contributed by atoms with Crippen LogP contribution in [0.25, 0.3) is 0 Å². The van der Waals surface area contributed by atoms with Gasteiger partial charge in [-0.1, -0.05) is 6.92 Å². The Morgan fingerprint density at radius 3 is 2.80 bits per heavy atom. The largest absolute Gasteiger partial charge is 0.336 e. The van der Waals surface area contributed by atoms with E-state index in [1.807, 2.05) is 18.6 Å². The predicted octanol–water partition coefficient (Wildman–Crippen LogP) is -0.0892. The van der Waals surface area contributed by atoms with E-state index in [0.717, 1.165) is 0 Å². The topological polar surface area (TPSA) is 67.2 Å². The molecule has 0 aliphatic carbocycles. The van der Waals surface area contributed by atoms with Crippen LogP contribution in [0.5, 0.6) is 0 Å². The number of rotatable bonds is 3. The lowest BCUT2D eigenvalue weighted by Gasteiger charge is -2.08. The fourth-order valence-corrected chi connectivity index (χ4v) is 0.621. The monoisotopic (exact) mass is 163 g/mol. The first-order valence-corrected chi connectivity index (χ1v) is 4.26. The second kappa shape index (κ2) is 5.37. The van der Waals surface area contributed by atoms with Gasteiger partial charge in [-0.2, -0.15) is 11.8 Å². The molecule has 5 heteroatoms. The van der Waals surface area contributed by atoms with Gasteiger partial charge in [-0.3, -0.25) is 5.43 Å². The van der Waals surface area contributed by atoms with E-state index in [2.05, 4.69) is 5.32 Å². The number of carbonyl (C=O) groups excluding carboxylic acids is 1. The number of carbonyl (C=O) groups is 1. The van der Waals surface area contributed by atoms with Crippen molar-refractivity contribution in [2.75, 3.05) is 12.8 Å². The summed E-state index contributed by atoms with van der Waals surface area (Å²) in [7, 11) is 0. The minimum absolute atomic E-state index is 0.332. The fraction of sp³-hybridized carbons (Fsp3) is 0.800. The zero-order valence-corrected chi connectivity index (χ0v) is 6.99. The van der Waals surface area contributed by atoms with E-state index in [9.17, 15) is 4.79 Å². The van der Waals surface area contributed by atoms with Gasteiger partial charge in [0.2, 0.25) is 0 Å². The van der Waals surface area contributed by atoms with Gasteiger partial charge >= 0.3 is 6.03 Å². The normalized spacial score (nSPS) is 12.3. The standard InChI is InChI=1S/C5H13N3OS/c1-4(10-2)3-7-5(9)8-6/h4H,3,6H2,1-2H3,(H2,7,8,9). The summed E-state index contributed by atoms with van der Waals surface area (Å²) >= 11 is 1.69. The molecule has 1 unspecified atom stereocenters. The fourth-order valence-electron chi connectivity index (χ4n) is 0.371. The van der Waals surface area contributed by atoms with Crippen LogP contribution in [0.4, 0.5) is 4.79 Å². The van der Waals surface area contributed by atoms with E-state index in [1.165, 1.54) is 0 Å². The number of hydrazine groups is 1. The maximum absolute atomic E-state index is 10.5. The number of hydrogen-bond acceptors (Lipinski definition) is 3. The van der Waals surface area contributed by atoms with Crippen LogP contribution in [0.15, 0.2) is 0 Å². The highest BCUT2D eigenvalue weighted by Crippen LogP contribution is 2.01. The van der Waals surface area contributed by atoms with E-state index in [4.69, 9.17) is 5.84 Å². The number of urea groups is 1. The molecule has 0 heterocycles. The smallest absolute Gasteiger partial charge is 0.328 e. The van der Waals surface area contributed by atoms with Gasteiger partial charge in [0.15, 0.2) is 0 Å².